The lowest BCUT2D eigenvalue weighted by atomic mass is 9.83. The van der Waals surface area contributed by atoms with Gasteiger partial charge >= 0.3 is 0 Å². The molecule has 174 valence electrons. The molecule has 3 N–H and O–H groups in total. The number of nitrogens with zero attached hydrogens (tertiary/aromatic N) is 4. The van der Waals surface area contributed by atoms with Crippen LogP contribution in [0, 0.1) is 6.92 Å². The topological polar surface area (TPSA) is 106 Å². The van der Waals surface area contributed by atoms with Crippen molar-refractivity contribution in [3.63, 3.8) is 0 Å². The number of benzene rings is 1. The molecule has 0 unspecified atom stereocenters. The summed E-state index contributed by atoms with van der Waals surface area (Å²) in [5, 5.41) is 12.1. The maximum absolute atomic E-state index is 13.3. The molecule has 3 aliphatic rings. The number of ether oxygens (including phenoxy) is 1. The second-order valence-corrected chi connectivity index (χ2v) is 9.76. The van der Waals surface area contributed by atoms with Crippen LogP contribution in [0.2, 0.25) is 0 Å². The molecule has 1 saturated heterocycles. The number of nitrogens with two attached hydrogens (primary N) is 1. The van der Waals surface area contributed by atoms with E-state index in [1.54, 1.807) is 4.90 Å². The number of anilines is 2. The summed E-state index contributed by atoms with van der Waals surface area (Å²) in [5.41, 5.74) is 9.65. The first-order chi connectivity index (χ1) is 15.8. The van der Waals surface area contributed by atoms with E-state index >= 15 is 0 Å². The van der Waals surface area contributed by atoms with Crippen LogP contribution in [0.15, 0.2) is 35.3 Å². The number of aliphatic imine (C=N–C) groups is 1. The van der Waals surface area contributed by atoms with E-state index in [2.05, 4.69) is 15.5 Å². The molecule has 8 nitrogen and oxygen atoms in total. The third-order valence-electron chi connectivity index (χ3n) is 7.05. The number of aromatic nitrogens is 2. The van der Waals surface area contributed by atoms with Crippen LogP contribution in [0.1, 0.15) is 68.7 Å². The largest absolute Gasteiger partial charge is 0.378 e. The van der Waals surface area contributed by atoms with Crippen LogP contribution < -0.4 is 11.1 Å². The minimum Gasteiger partial charge on any atom is -0.378 e. The van der Waals surface area contributed by atoms with E-state index in [-0.39, 0.29) is 24.5 Å². The summed E-state index contributed by atoms with van der Waals surface area (Å²) < 4.78 is 5.64. The van der Waals surface area contributed by atoms with Gasteiger partial charge in [0, 0.05) is 24.3 Å². The van der Waals surface area contributed by atoms with Gasteiger partial charge in [-0.25, -0.2) is 4.99 Å². The number of hydrogen-bond donors (Lipinski definition) is 2. The van der Waals surface area contributed by atoms with Crippen LogP contribution in [0.4, 0.5) is 11.5 Å². The molecule has 1 saturated carbocycles. The predicted octanol–water partition coefficient (Wildman–Crippen LogP) is 3.74. The van der Waals surface area contributed by atoms with E-state index in [0.29, 0.717) is 24.3 Å². The first kappa shape index (κ1) is 21.8. The number of nitrogens with one attached hydrogen (secondary N) is 1. The highest BCUT2D eigenvalue weighted by Crippen LogP contribution is 2.40. The molecule has 33 heavy (non-hydrogen) atoms. The number of carbonyl (C=O) groups excluding carboxylic acids is 1. The van der Waals surface area contributed by atoms with Crippen molar-refractivity contribution in [2.75, 3.05) is 11.9 Å². The summed E-state index contributed by atoms with van der Waals surface area (Å²) >= 11 is 0. The monoisotopic (exact) mass is 448 g/mol. The van der Waals surface area contributed by atoms with Crippen LogP contribution in [-0.2, 0) is 15.1 Å². The SMILES string of the molecule is Cc1c(Nc2ccc(C3CC3)nn2)cccc1[C@]1(C)CC(=O)N([C@H]2CCO[C@H](C)C2)C(N)=N1. The number of carbonyl (C=O) groups is 1. The van der Waals surface area contributed by atoms with Gasteiger partial charge in [-0.15, -0.1) is 5.10 Å². The molecule has 2 aliphatic heterocycles. The van der Waals surface area contributed by atoms with Gasteiger partial charge in [0.1, 0.15) is 0 Å². The molecule has 1 aliphatic carbocycles. The average molecular weight is 449 g/mol. The molecule has 2 fully saturated rings. The van der Waals surface area contributed by atoms with Crippen molar-refractivity contribution in [1.29, 1.82) is 0 Å². The molecule has 1 amide bonds. The van der Waals surface area contributed by atoms with Gasteiger partial charge in [0.15, 0.2) is 11.8 Å². The molecular weight excluding hydrogens is 416 g/mol. The molecule has 5 rings (SSSR count). The normalized spacial score (nSPS) is 27.9. The van der Waals surface area contributed by atoms with Gasteiger partial charge in [-0.1, -0.05) is 12.1 Å². The molecule has 0 spiro atoms. The van der Waals surface area contributed by atoms with Gasteiger partial charge < -0.3 is 15.8 Å². The third-order valence-corrected chi connectivity index (χ3v) is 7.05. The molecule has 3 atom stereocenters. The van der Waals surface area contributed by atoms with E-state index in [1.807, 2.05) is 51.1 Å². The summed E-state index contributed by atoms with van der Waals surface area (Å²) in [6.45, 7) is 6.69. The van der Waals surface area contributed by atoms with Crippen molar-refractivity contribution in [3.05, 3.63) is 47.2 Å². The van der Waals surface area contributed by atoms with Crippen LogP contribution >= 0.6 is 0 Å². The molecule has 2 aromatic rings. The Morgan fingerprint density at radius 3 is 2.67 bits per heavy atom. The van der Waals surface area contributed by atoms with Gasteiger partial charge in [0.05, 0.1) is 23.8 Å². The maximum Gasteiger partial charge on any atom is 0.232 e. The number of amides is 1. The van der Waals surface area contributed by atoms with Crippen molar-refractivity contribution < 1.29 is 9.53 Å². The molecule has 8 heteroatoms. The number of rotatable bonds is 5. The minimum atomic E-state index is -0.724. The van der Waals surface area contributed by atoms with Crippen molar-refractivity contribution in [1.82, 2.24) is 15.1 Å². The predicted molar refractivity (Wildman–Crippen MR) is 127 cm³/mol. The van der Waals surface area contributed by atoms with Crippen molar-refractivity contribution >= 4 is 23.4 Å². The fourth-order valence-electron chi connectivity index (χ4n) is 5.11. The lowest BCUT2D eigenvalue weighted by Gasteiger charge is -2.42. The molecule has 0 bridgehead atoms. The Morgan fingerprint density at radius 1 is 1.18 bits per heavy atom. The zero-order chi connectivity index (χ0) is 23.2. The second kappa shape index (κ2) is 8.41. The zero-order valence-corrected chi connectivity index (χ0v) is 19.5. The van der Waals surface area contributed by atoms with E-state index in [0.717, 1.165) is 35.3 Å². The quantitative estimate of drug-likeness (QED) is 0.722. The maximum atomic E-state index is 13.3. The summed E-state index contributed by atoms with van der Waals surface area (Å²) in [7, 11) is 0. The van der Waals surface area contributed by atoms with Crippen LogP contribution in [0.3, 0.4) is 0 Å². The summed E-state index contributed by atoms with van der Waals surface area (Å²) in [5.74, 6) is 1.59. The fraction of sp³-hybridized carbons (Fsp3) is 0.520. The lowest BCUT2D eigenvalue weighted by Crippen LogP contribution is -2.56. The van der Waals surface area contributed by atoms with E-state index in [1.165, 1.54) is 12.8 Å². The van der Waals surface area contributed by atoms with Crippen LogP contribution in [0.5, 0.6) is 0 Å². The third kappa shape index (κ3) is 4.31. The number of hydrogen-bond acceptors (Lipinski definition) is 7. The van der Waals surface area contributed by atoms with E-state index < -0.39 is 5.54 Å². The minimum absolute atomic E-state index is 0.0170. The first-order valence-corrected chi connectivity index (χ1v) is 11.8. The van der Waals surface area contributed by atoms with Gasteiger partial charge in [-0.3, -0.25) is 9.69 Å². The second-order valence-electron chi connectivity index (χ2n) is 9.76. The summed E-state index contributed by atoms with van der Waals surface area (Å²) in [6.07, 6.45) is 4.35. The Bertz CT molecular complexity index is 1080. The highest BCUT2D eigenvalue weighted by atomic mass is 16.5. The van der Waals surface area contributed by atoms with Crippen LogP contribution in [0.25, 0.3) is 0 Å². The smallest absolute Gasteiger partial charge is 0.232 e. The van der Waals surface area contributed by atoms with Gasteiger partial charge in [0.25, 0.3) is 0 Å². The zero-order valence-electron chi connectivity index (χ0n) is 19.5. The first-order valence-electron chi connectivity index (χ1n) is 11.8. The van der Waals surface area contributed by atoms with Crippen LogP contribution in [-0.4, -0.2) is 45.7 Å². The Hall–Kier alpha value is -3.00. The highest BCUT2D eigenvalue weighted by molar-refractivity contribution is 5.99. The van der Waals surface area contributed by atoms with E-state index in [9.17, 15) is 4.79 Å². The Morgan fingerprint density at radius 2 is 2.00 bits per heavy atom. The molecule has 3 heterocycles. The van der Waals surface area contributed by atoms with Crippen molar-refractivity contribution in [2.24, 2.45) is 10.7 Å². The molecule has 1 aromatic carbocycles. The van der Waals surface area contributed by atoms with E-state index in [4.69, 9.17) is 15.5 Å². The fourth-order valence-corrected chi connectivity index (χ4v) is 5.11. The molecular formula is C25H32N6O2. The Balaban J connectivity index is 1.40. The molecule has 1 aromatic heterocycles. The Labute approximate surface area is 194 Å². The van der Waals surface area contributed by atoms with Gasteiger partial charge in [-0.05, 0) is 75.8 Å². The van der Waals surface area contributed by atoms with Crippen molar-refractivity contribution in [3.8, 4) is 0 Å². The number of guanidine groups is 1. The standard InChI is InChI=1S/C25H32N6O2/c1-15-13-18(11-12-33-15)31-23(32)14-25(3,28-24(31)26)19-5-4-6-20(16(19)2)27-22-10-9-21(29-30-22)17-7-8-17/h4-6,9-10,15,17-18H,7-8,11-14H2,1-3H3,(H2,26,28)(H,27,30)/t15-,18+,25+/m1/s1. The van der Waals surface area contributed by atoms with Crippen molar-refractivity contribution in [2.45, 2.75) is 76.5 Å². The molecule has 0 radical (unpaired) electrons. The summed E-state index contributed by atoms with van der Waals surface area (Å²) in [4.78, 5) is 19.8. The Kier molecular flexibility index (Phi) is 5.56. The highest BCUT2D eigenvalue weighted by Gasteiger charge is 2.42. The van der Waals surface area contributed by atoms with Gasteiger partial charge in [-0.2, -0.15) is 5.10 Å². The average Bonchev–Trinajstić information content (AvgIpc) is 3.60. The summed E-state index contributed by atoms with van der Waals surface area (Å²) in [6, 6.07) is 10.1. The lowest BCUT2D eigenvalue weighted by molar-refractivity contribution is -0.133. The van der Waals surface area contributed by atoms with Gasteiger partial charge in [0.2, 0.25) is 5.91 Å².